The van der Waals surface area contributed by atoms with Gasteiger partial charge < -0.3 is 16.8 Å². The molecule has 1 aliphatic rings. The average molecular weight is 294 g/mol. The lowest BCUT2D eigenvalue weighted by atomic mass is 10.0. The maximum absolute atomic E-state index is 11.4. The number of hydrogen-bond donors (Lipinski definition) is 3. The van der Waals surface area contributed by atoms with Crippen LogP contribution in [0.1, 0.15) is 29.2 Å². The second-order valence-electron chi connectivity index (χ2n) is 4.92. The number of nitrogens with two attached hydrogens (primary N) is 2. The standard InChI is InChI=1S/C14H15N3O2.ClH/c15-6-7-1-2-8-3-4-10(9(8)5-7)17-12-11(16)13(18)14(12)19;/h1-2,5,10,17H,3-4,6,15-16H2;1H. The van der Waals surface area contributed by atoms with E-state index >= 15 is 0 Å². The number of fused-ring (bicyclic) bond motifs is 1. The third-order valence-electron chi connectivity index (χ3n) is 3.79. The van der Waals surface area contributed by atoms with Crippen molar-refractivity contribution in [2.75, 3.05) is 11.1 Å². The molecule has 2 aromatic carbocycles. The van der Waals surface area contributed by atoms with Gasteiger partial charge in [0.1, 0.15) is 11.4 Å². The molecule has 5 nitrogen and oxygen atoms in total. The first-order valence-electron chi connectivity index (χ1n) is 6.29. The third kappa shape index (κ3) is 2.09. The summed E-state index contributed by atoms with van der Waals surface area (Å²) in [6.45, 7) is 0.488. The van der Waals surface area contributed by atoms with Crippen molar-refractivity contribution in [1.29, 1.82) is 0 Å². The van der Waals surface area contributed by atoms with Gasteiger partial charge in [-0.2, -0.15) is 0 Å². The fourth-order valence-electron chi connectivity index (χ4n) is 2.66. The highest BCUT2D eigenvalue weighted by Gasteiger charge is 2.26. The van der Waals surface area contributed by atoms with Gasteiger partial charge in [0, 0.05) is 6.54 Å². The molecule has 1 aliphatic carbocycles. The highest BCUT2D eigenvalue weighted by molar-refractivity contribution is 5.85. The summed E-state index contributed by atoms with van der Waals surface area (Å²) < 4.78 is 0. The molecule has 0 spiro atoms. The van der Waals surface area contributed by atoms with Gasteiger partial charge in [-0.1, -0.05) is 18.2 Å². The Labute approximate surface area is 122 Å². The first kappa shape index (κ1) is 14.6. The van der Waals surface area contributed by atoms with E-state index in [0.717, 1.165) is 24.0 Å². The molecule has 2 aromatic rings. The van der Waals surface area contributed by atoms with Crippen LogP contribution in [-0.4, -0.2) is 0 Å². The summed E-state index contributed by atoms with van der Waals surface area (Å²) >= 11 is 0. The zero-order valence-electron chi connectivity index (χ0n) is 10.8. The lowest BCUT2D eigenvalue weighted by Crippen LogP contribution is -2.37. The second-order valence-corrected chi connectivity index (χ2v) is 4.92. The van der Waals surface area contributed by atoms with Crippen molar-refractivity contribution in [3.63, 3.8) is 0 Å². The Kier molecular flexibility index (Phi) is 3.83. The van der Waals surface area contributed by atoms with Crippen LogP contribution in [0.2, 0.25) is 0 Å². The van der Waals surface area contributed by atoms with E-state index in [-0.39, 0.29) is 29.8 Å². The Bertz CT molecular complexity index is 720. The lowest BCUT2D eigenvalue weighted by Gasteiger charge is -2.18. The van der Waals surface area contributed by atoms with Crippen molar-refractivity contribution < 1.29 is 0 Å². The van der Waals surface area contributed by atoms with Gasteiger partial charge in [0.05, 0.1) is 6.04 Å². The zero-order valence-corrected chi connectivity index (χ0v) is 11.6. The van der Waals surface area contributed by atoms with Crippen LogP contribution in [0.15, 0.2) is 27.8 Å². The van der Waals surface area contributed by atoms with Crippen molar-refractivity contribution in [1.82, 2.24) is 0 Å². The van der Waals surface area contributed by atoms with Gasteiger partial charge in [0.2, 0.25) is 0 Å². The molecule has 5 N–H and O–H groups in total. The van der Waals surface area contributed by atoms with Crippen LogP contribution >= 0.6 is 12.4 Å². The zero-order chi connectivity index (χ0) is 13.6. The van der Waals surface area contributed by atoms with E-state index in [4.69, 9.17) is 11.5 Å². The van der Waals surface area contributed by atoms with Crippen molar-refractivity contribution >= 4 is 23.8 Å². The normalized spacial score (nSPS) is 16.8. The van der Waals surface area contributed by atoms with Gasteiger partial charge in [-0.25, -0.2) is 0 Å². The highest BCUT2D eigenvalue weighted by atomic mass is 35.5. The number of nitrogens with one attached hydrogen (secondary N) is 1. The Morgan fingerprint density at radius 2 is 2.00 bits per heavy atom. The van der Waals surface area contributed by atoms with Gasteiger partial charge in [0.15, 0.2) is 0 Å². The second kappa shape index (κ2) is 5.26. The monoisotopic (exact) mass is 293 g/mol. The van der Waals surface area contributed by atoms with Crippen LogP contribution in [0.25, 0.3) is 0 Å². The minimum atomic E-state index is -0.587. The van der Waals surface area contributed by atoms with E-state index in [0.29, 0.717) is 6.54 Å². The maximum atomic E-state index is 11.4. The fourth-order valence-corrected chi connectivity index (χ4v) is 2.66. The molecule has 0 bridgehead atoms. The number of anilines is 2. The molecule has 20 heavy (non-hydrogen) atoms. The van der Waals surface area contributed by atoms with Gasteiger partial charge >= 0.3 is 0 Å². The Morgan fingerprint density at radius 3 is 2.65 bits per heavy atom. The Morgan fingerprint density at radius 1 is 1.25 bits per heavy atom. The molecular formula is C14H16ClN3O2. The minimum absolute atomic E-state index is 0. The Balaban J connectivity index is 0.00000147. The number of nitrogen functional groups attached to an aromatic ring is 1. The molecule has 0 heterocycles. The maximum Gasteiger partial charge on any atom is 0.253 e. The highest BCUT2D eigenvalue weighted by Crippen LogP contribution is 2.34. The molecule has 1 atom stereocenters. The van der Waals surface area contributed by atoms with Crippen molar-refractivity contribution in [3.8, 4) is 0 Å². The molecule has 0 aromatic heterocycles. The summed E-state index contributed by atoms with van der Waals surface area (Å²) in [5.41, 5.74) is 13.9. The number of rotatable bonds is 3. The van der Waals surface area contributed by atoms with E-state index in [1.54, 1.807) is 0 Å². The van der Waals surface area contributed by atoms with E-state index in [1.807, 2.05) is 6.07 Å². The largest absolute Gasteiger partial charge is 0.394 e. The minimum Gasteiger partial charge on any atom is -0.394 e. The van der Waals surface area contributed by atoms with Crippen LogP contribution in [0.4, 0.5) is 11.4 Å². The molecule has 0 saturated heterocycles. The SMILES string of the molecule is Cl.NCc1ccc2c(c1)C(Nc1c(N)c(=O)c1=O)CC2. The molecule has 3 rings (SSSR count). The van der Waals surface area contributed by atoms with Crippen LogP contribution in [-0.2, 0) is 13.0 Å². The van der Waals surface area contributed by atoms with E-state index < -0.39 is 10.9 Å². The molecule has 0 fully saturated rings. The van der Waals surface area contributed by atoms with Crippen LogP contribution in [0, 0.1) is 0 Å². The number of aryl methyl sites for hydroxylation is 1. The summed E-state index contributed by atoms with van der Waals surface area (Å²) in [5, 5.41) is 3.10. The number of hydrogen-bond acceptors (Lipinski definition) is 5. The third-order valence-corrected chi connectivity index (χ3v) is 3.79. The van der Waals surface area contributed by atoms with E-state index in [2.05, 4.69) is 17.4 Å². The van der Waals surface area contributed by atoms with Gasteiger partial charge in [-0.05, 0) is 29.5 Å². The van der Waals surface area contributed by atoms with Crippen molar-refractivity contribution in [3.05, 3.63) is 55.3 Å². The number of benzene rings is 1. The molecule has 0 amide bonds. The molecular weight excluding hydrogens is 278 g/mol. The fraction of sp³-hybridized carbons (Fsp3) is 0.286. The smallest absolute Gasteiger partial charge is 0.253 e. The van der Waals surface area contributed by atoms with Crippen LogP contribution in [0.5, 0.6) is 0 Å². The first-order chi connectivity index (χ1) is 9.11. The predicted molar refractivity (Wildman–Crippen MR) is 82.0 cm³/mol. The molecule has 1 unspecified atom stereocenters. The molecule has 106 valence electrons. The molecule has 6 heteroatoms. The van der Waals surface area contributed by atoms with Crippen LogP contribution < -0.4 is 27.6 Å². The van der Waals surface area contributed by atoms with Gasteiger partial charge in [-0.15, -0.1) is 12.4 Å². The molecule has 0 saturated carbocycles. The summed E-state index contributed by atoms with van der Waals surface area (Å²) in [6.07, 6.45) is 1.84. The first-order valence-corrected chi connectivity index (χ1v) is 6.29. The topological polar surface area (TPSA) is 98.2 Å². The van der Waals surface area contributed by atoms with Crippen molar-refractivity contribution in [2.24, 2.45) is 5.73 Å². The average Bonchev–Trinajstić information content (AvgIpc) is 2.85. The van der Waals surface area contributed by atoms with Crippen molar-refractivity contribution in [2.45, 2.75) is 25.4 Å². The quantitative estimate of drug-likeness (QED) is 0.729. The molecule has 0 radical (unpaired) electrons. The lowest BCUT2D eigenvalue weighted by molar-refractivity contribution is 0.759. The predicted octanol–water partition coefficient (Wildman–Crippen LogP) is 0.845. The Hall–Kier alpha value is -1.85. The molecule has 0 aliphatic heterocycles. The number of halogens is 1. The summed E-state index contributed by atoms with van der Waals surface area (Å²) in [5.74, 6) is 0. The van der Waals surface area contributed by atoms with Gasteiger partial charge in [-0.3, -0.25) is 9.59 Å². The van der Waals surface area contributed by atoms with Crippen LogP contribution in [0.3, 0.4) is 0 Å². The summed E-state index contributed by atoms with van der Waals surface area (Å²) in [7, 11) is 0. The van der Waals surface area contributed by atoms with Gasteiger partial charge in [0.25, 0.3) is 10.9 Å². The summed E-state index contributed by atoms with van der Waals surface area (Å²) in [4.78, 5) is 22.5. The summed E-state index contributed by atoms with van der Waals surface area (Å²) in [6, 6.07) is 6.19. The van der Waals surface area contributed by atoms with E-state index in [9.17, 15) is 9.59 Å². The van der Waals surface area contributed by atoms with E-state index in [1.165, 1.54) is 5.56 Å².